The van der Waals surface area contributed by atoms with E-state index in [9.17, 15) is 16.8 Å². The zero-order chi connectivity index (χ0) is 24.2. The van der Waals surface area contributed by atoms with Gasteiger partial charge in [0.1, 0.15) is 5.76 Å². The number of piperidine rings is 1. The summed E-state index contributed by atoms with van der Waals surface area (Å²) in [5.74, 6) is 0.523. The van der Waals surface area contributed by atoms with E-state index in [1.807, 2.05) is 37.3 Å². The number of benzene rings is 2. The highest BCUT2D eigenvalue weighted by atomic mass is 32.2. The molecule has 4 rings (SSSR count). The molecule has 0 amide bonds. The highest BCUT2D eigenvalue weighted by molar-refractivity contribution is 7.89. The fraction of sp³-hybridized carbons (Fsp3) is 0.360. The van der Waals surface area contributed by atoms with Crippen LogP contribution in [0.5, 0.6) is 0 Å². The molecule has 9 heteroatoms. The van der Waals surface area contributed by atoms with Crippen LogP contribution >= 0.6 is 0 Å². The standard InChI is InChI=1S/C25H30N2O5S2/c1-2-22-11-6-7-17-27(22)34(30,31)25-15-13-24(14-16-25)33(28,29)26(20-23-12-8-18-32-23)19-21-9-4-3-5-10-21/h3-5,8-10,12-16,18,22H,2,6-7,11,17,19-20H2,1H3. The van der Waals surface area contributed by atoms with E-state index in [4.69, 9.17) is 4.42 Å². The SMILES string of the molecule is CCC1CCCCN1S(=O)(=O)c1ccc(S(=O)(=O)N(Cc2ccccc2)Cc2ccco2)cc1. The van der Waals surface area contributed by atoms with Crippen molar-refractivity contribution >= 4 is 20.0 Å². The molecule has 34 heavy (non-hydrogen) atoms. The molecule has 0 radical (unpaired) electrons. The molecule has 0 N–H and O–H groups in total. The smallest absolute Gasteiger partial charge is 0.243 e. The predicted molar refractivity (Wildman–Crippen MR) is 130 cm³/mol. The summed E-state index contributed by atoms with van der Waals surface area (Å²) in [6, 6.07) is 18.3. The predicted octanol–water partition coefficient (Wildman–Crippen LogP) is 4.62. The molecule has 2 aromatic carbocycles. The molecule has 3 aromatic rings. The first kappa shape index (κ1) is 24.7. The molecule has 1 unspecified atom stereocenters. The molecular weight excluding hydrogens is 472 g/mol. The zero-order valence-corrected chi connectivity index (χ0v) is 20.8. The second-order valence-electron chi connectivity index (χ2n) is 8.48. The van der Waals surface area contributed by atoms with E-state index in [1.54, 1.807) is 16.4 Å². The van der Waals surface area contributed by atoms with Gasteiger partial charge in [-0.25, -0.2) is 16.8 Å². The Morgan fingerprint density at radius 2 is 1.59 bits per heavy atom. The van der Waals surface area contributed by atoms with Crippen LogP contribution in [0, 0.1) is 0 Å². The Morgan fingerprint density at radius 1 is 0.882 bits per heavy atom. The Hall–Kier alpha value is -2.46. The van der Waals surface area contributed by atoms with Crippen LogP contribution in [0.2, 0.25) is 0 Å². The number of rotatable bonds is 9. The van der Waals surface area contributed by atoms with Gasteiger partial charge in [0.05, 0.1) is 22.6 Å². The van der Waals surface area contributed by atoms with Gasteiger partial charge in [-0.3, -0.25) is 0 Å². The van der Waals surface area contributed by atoms with Crippen LogP contribution in [-0.4, -0.2) is 38.0 Å². The highest BCUT2D eigenvalue weighted by Crippen LogP contribution is 2.28. The van der Waals surface area contributed by atoms with Gasteiger partial charge in [0.15, 0.2) is 0 Å². The minimum atomic E-state index is -3.91. The number of hydrogen-bond donors (Lipinski definition) is 0. The van der Waals surface area contributed by atoms with Crippen molar-refractivity contribution in [1.82, 2.24) is 8.61 Å². The van der Waals surface area contributed by atoms with E-state index in [0.29, 0.717) is 12.3 Å². The largest absolute Gasteiger partial charge is 0.468 e. The van der Waals surface area contributed by atoms with Crippen LogP contribution in [-0.2, 0) is 33.1 Å². The lowest BCUT2D eigenvalue weighted by atomic mass is 10.0. The van der Waals surface area contributed by atoms with Gasteiger partial charge in [-0.2, -0.15) is 8.61 Å². The van der Waals surface area contributed by atoms with Crippen LogP contribution in [0.1, 0.15) is 43.9 Å². The zero-order valence-electron chi connectivity index (χ0n) is 19.2. The number of hydrogen-bond acceptors (Lipinski definition) is 5. The van der Waals surface area contributed by atoms with Crippen molar-refractivity contribution in [3.63, 3.8) is 0 Å². The van der Waals surface area contributed by atoms with E-state index in [2.05, 4.69) is 0 Å². The van der Waals surface area contributed by atoms with E-state index in [0.717, 1.165) is 31.2 Å². The quantitative estimate of drug-likeness (QED) is 0.426. The van der Waals surface area contributed by atoms with Gasteiger partial charge in [0.2, 0.25) is 20.0 Å². The molecule has 1 aromatic heterocycles. The molecular formula is C25H30N2O5S2. The fourth-order valence-corrected chi connectivity index (χ4v) is 7.52. The minimum Gasteiger partial charge on any atom is -0.468 e. The Morgan fingerprint density at radius 3 is 2.24 bits per heavy atom. The molecule has 0 spiro atoms. The molecule has 1 saturated heterocycles. The summed E-state index contributed by atoms with van der Waals surface area (Å²) in [6.45, 7) is 2.72. The van der Waals surface area contributed by atoms with E-state index in [-0.39, 0.29) is 28.9 Å². The van der Waals surface area contributed by atoms with Crippen molar-refractivity contribution in [2.45, 2.75) is 61.5 Å². The summed E-state index contributed by atoms with van der Waals surface area (Å²) in [6.07, 6.45) is 4.97. The normalized spacial score (nSPS) is 17.8. The minimum absolute atomic E-state index is 0.0168. The summed E-state index contributed by atoms with van der Waals surface area (Å²) >= 11 is 0. The fourth-order valence-electron chi connectivity index (χ4n) is 4.36. The number of nitrogens with zero attached hydrogens (tertiary/aromatic N) is 2. The van der Waals surface area contributed by atoms with Crippen molar-refractivity contribution in [1.29, 1.82) is 0 Å². The summed E-state index contributed by atoms with van der Waals surface area (Å²) in [7, 11) is -7.60. The van der Waals surface area contributed by atoms with E-state index in [1.165, 1.54) is 34.8 Å². The average molecular weight is 503 g/mol. The van der Waals surface area contributed by atoms with Crippen LogP contribution in [0.15, 0.2) is 87.2 Å². The molecule has 2 heterocycles. The molecule has 1 aliphatic rings. The van der Waals surface area contributed by atoms with Gasteiger partial charge >= 0.3 is 0 Å². The molecule has 1 aliphatic heterocycles. The molecule has 0 aliphatic carbocycles. The summed E-state index contributed by atoms with van der Waals surface area (Å²) in [4.78, 5) is 0.159. The van der Waals surface area contributed by atoms with E-state index >= 15 is 0 Å². The Labute approximate surface area is 202 Å². The van der Waals surface area contributed by atoms with Gasteiger partial charge in [0.25, 0.3) is 0 Å². The van der Waals surface area contributed by atoms with E-state index < -0.39 is 20.0 Å². The van der Waals surface area contributed by atoms with Crippen LogP contribution in [0.25, 0.3) is 0 Å². The van der Waals surface area contributed by atoms with Crippen molar-refractivity contribution in [2.24, 2.45) is 0 Å². The Kier molecular flexibility index (Phi) is 7.57. The van der Waals surface area contributed by atoms with Crippen molar-refractivity contribution in [2.75, 3.05) is 6.54 Å². The van der Waals surface area contributed by atoms with Crippen molar-refractivity contribution in [3.8, 4) is 0 Å². The van der Waals surface area contributed by atoms with Gasteiger partial charge in [-0.05, 0) is 61.2 Å². The maximum atomic E-state index is 13.5. The van der Waals surface area contributed by atoms with Gasteiger partial charge in [-0.1, -0.05) is 43.7 Å². The van der Waals surface area contributed by atoms with Gasteiger partial charge in [-0.15, -0.1) is 0 Å². The molecule has 182 valence electrons. The first-order valence-electron chi connectivity index (χ1n) is 11.5. The van der Waals surface area contributed by atoms with Crippen LogP contribution in [0.3, 0.4) is 0 Å². The first-order valence-corrected chi connectivity index (χ1v) is 14.4. The van der Waals surface area contributed by atoms with Crippen molar-refractivity contribution < 1.29 is 21.3 Å². The molecule has 0 bridgehead atoms. The average Bonchev–Trinajstić information content (AvgIpc) is 3.37. The molecule has 7 nitrogen and oxygen atoms in total. The topological polar surface area (TPSA) is 87.9 Å². The number of sulfonamides is 2. The monoisotopic (exact) mass is 502 g/mol. The lowest BCUT2D eigenvalue weighted by Crippen LogP contribution is -2.43. The summed E-state index contributed by atoms with van der Waals surface area (Å²) in [5.41, 5.74) is 0.840. The lowest BCUT2D eigenvalue weighted by Gasteiger charge is -2.34. The highest BCUT2D eigenvalue weighted by Gasteiger charge is 2.33. The Bertz CT molecular complexity index is 1270. The third kappa shape index (κ3) is 5.27. The molecule has 1 fully saturated rings. The maximum absolute atomic E-state index is 13.5. The second kappa shape index (κ2) is 10.4. The second-order valence-corrected chi connectivity index (χ2v) is 12.3. The first-order chi connectivity index (χ1) is 16.3. The third-order valence-electron chi connectivity index (χ3n) is 6.23. The van der Waals surface area contributed by atoms with Gasteiger partial charge in [0, 0.05) is 19.1 Å². The lowest BCUT2D eigenvalue weighted by molar-refractivity contribution is 0.246. The summed E-state index contributed by atoms with van der Waals surface area (Å²) in [5, 5.41) is 0. The van der Waals surface area contributed by atoms with Crippen molar-refractivity contribution in [3.05, 3.63) is 84.3 Å². The molecule has 1 atom stereocenters. The number of furan rings is 1. The van der Waals surface area contributed by atoms with Crippen LogP contribution in [0.4, 0.5) is 0 Å². The summed E-state index contributed by atoms with van der Waals surface area (Å²) < 4.78 is 61.9. The van der Waals surface area contributed by atoms with Gasteiger partial charge < -0.3 is 4.42 Å². The maximum Gasteiger partial charge on any atom is 0.243 e. The van der Waals surface area contributed by atoms with Crippen LogP contribution < -0.4 is 0 Å². The Balaban J connectivity index is 1.62. The molecule has 0 saturated carbocycles. The third-order valence-corrected chi connectivity index (χ3v) is 10.00.